The van der Waals surface area contributed by atoms with Crippen molar-refractivity contribution < 1.29 is 13.2 Å². The van der Waals surface area contributed by atoms with Crippen molar-refractivity contribution in [3.05, 3.63) is 53.6 Å². The highest BCUT2D eigenvalue weighted by molar-refractivity contribution is 7.89. The third-order valence-electron chi connectivity index (χ3n) is 6.94. The molecule has 36 heavy (non-hydrogen) atoms. The van der Waals surface area contributed by atoms with Crippen LogP contribution in [-0.4, -0.2) is 68.8 Å². The number of benzene rings is 2. The number of amides is 1. The third kappa shape index (κ3) is 5.80. The Kier molecular flexibility index (Phi) is 8.44. The fourth-order valence-electron chi connectivity index (χ4n) is 4.75. The minimum Gasteiger partial charge on any atom is -0.309 e. The predicted molar refractivity (Wildman–Crippen MR) is 147 cm³/mol. The van der Waals surface area contributed by atoms with Gasteiger partial charge in [0.15, 0.2) is 5.13 Å². The number of sulfonamides is 1. The van der Waals surface area contributed by atoms with Crippen molar-refractivity contribution in [1.29, 1.82) is 0 Å². The van der Waals surface area contributed by atoms with E-state index in [1.54, 1.807) is 36.2 Å². The zero-order chi connectivity index (χ0) is 25.9. The summed E-state index contributed by atoms with van der Waals surface area (Å²) in [7, 11) is 2.09. The molecule has 0 aliphatic heterocycles. The largest absolute Gasteiger partial charge is 0.309 e. The first-order chi connectivity index (χ1) is 17.2. The molecule has 0 saturated heterocycles. The zero-order valence-corrected chi connectivity index (χ0v) is 23.2. The van der Waals surface area contributed by atoms with Gasteiger partial charge in [-0.25, -0.2) is 13.4 Å². The molecule has 0 spiro atoms. The molecule has 194 valence electrons. The van der Waals surface area contributed by atoms with E-state index in [9.17, 15) is 13.2 Å². The van der Waals surface area contributed by atoms with Gasteiger partial charge in [-0.3, -0.25) is 9.69 Å². The van der Waals surface area contributed by atoms with Crippen LogP contribution < -0.4 is 4.90 Å². The first kappa shape index (κ1) is 26.7. The van der Waals surface area contributed by atoms with Gasteiger partial charge in [0.2, 0.25) is 10.0 Å². The van der Waals surface area contributed by atoms with Gasteiger partial charge in [0.25, 0.3) is 5.91 Å². The lowest BCUT2D eigenvalue weighted by molar-refractivity contribution is 0.0986. The van der Waals surface area contributed by atoms with Crippen LogP contribution in [0.25, 0.3) is 10.2 Å². The Morgan fingerprint density at radius 1 is 1.00 bits per heavy atom. The van der Waals surface area contributed by atoms with Crippen LogP contribution >= 0.6 is 11.3 Å². The molecule has 1 saturated carbocycles. The second kappa shape index (κ2) is 11.4. The molecule has 0 atom stereocenters. The average molecular weight is 529 g/mol. The SMILES string of the molecule is Cc1cccc2sc(N(CCCN(C)C)C(=O)c3ccc(S(=O)(=O)N(C)C4CCCCC4)cc3)nc12. The van der Waals surface area contributed by atoms with E-state index in [0.717, 1.165) is 54.4 Å². The molecule has 0 N–H and O–H groups in total. The van der Waals surface area contributed by atoms with E-state index in [4.69, 9.17) is 4.98 Å². The second-order valence-electron chi connectivity index (χ2n) is 9.87. The molecule has 3 aromatic rings. The summed E-state index contributed by atoms with van der Waals surface area (Å²) < 4.78 is 29.0. The van der Waals surface area contributed by atoms with Gasteiger partial charge in [-0.1, -0.05) is 42.7 Å². The molecule has 4 rings (SSSR count). The van der Waals surface area contributed by atoms with Crippen molar-refractivity contribution in [2.45, 2.75) is 56.4 Å². The quantitative estimate of drug-likeness (QED) is 0.384. The van der Waals surface area contributed by atoms with Crippen molar-refractivity contribution in [3.8, 4) is 0 Å². The molecule has 9 heteroatoms. The number of carbonyl (C=O) groups is 1. The molecule has 0 bridgehead atoms. The molecule has 1 aliphatic carbocycles. The Morgan fingerprint density at radius 2 is 1.69 bits per heavy atom. The Morgan fingerprint density at radius 3 is 2.33 bits per heavy atom. The monoisotopic (exact) mass is 528 g/mol. The number of rotatable bonds is 9. The standard InChI is InChI=1S/C27H36N4O3S2/c1-20-10-8-13-24-25(20)28-27(35-24)31(19-9-18-29(2)3)26(32)21-14-16-23(17-15-21)36(33,34)30(4)22-11-6-5-7-12-22/h8,10,13-17,22H,5-7,9,11-12,18-19H2,1-4H3. The Balaban J connectivity index is 1.59. The van der Waals surface area contributed by atoms with Gasteiger partial charge >= 0.3 is 0 Å². The number of fused-ring (bicyclic) bond motifs is 1. The summed E-state index contributed by atoms with van der Waals surface area (Å²) in [5.74, 6) is -0.171. The zero-order valence-electron chi connectivity index (χ0n) is 21.6. The fourth-order valence-corrected chi connectivity index (χ4v) is 7.24. The highest BCUT2D eigenvalue weighted by atomic mass is 32.2. The molecule has 7 nitrogen and oxygen atoms in total. The molecule has 1 aromatic heterocycles. The summed E-state index contributed by atoms with van der Waals surface area (Å²) in [6, 6.07) is 12.5. The molecular weight excluding hydrogens is 492 g/mol. The van der Waals surface area contributed by atoms with Crippen molar-refractivity contribution in [2.24, 2.45) is 0 Å². The Bertz CT molecular complexity index is 1300. The lowest BCUT2D eigenvalue weighted by atomic mass is 9.96. The first-order valence-corrected chi connectivity index (χ1v) is 14.8. The molecule has 0 unspecified atom stereocenters. The van der Waals surface area contributed by atoms with Crippen LogP contribution in [-0.2, 0) is 10.0 Å². The molecule has 1 fully saturated rings. The molecule has 2 aromatic carbocycles. The number of anilines is 1. The van der Waals surface area contributed by atoms with E-state index in [1.165, 1.54) is 22.1 Å². The van der Waals surface area contributed by atoms with Crippen LogP contribution in [0.4, 0.5) is 5.13 Å². The van der Waals surface area contributed by atoms with Gasteiger partial charge in [-0.05, 0) is 82.7 Å². The highest BCUT2D eigenvalue weighted by Crippen LogP contribution is 2.32. The normalized spacial score (nSPS) is 15.2. The molecular formula is C27H36N4O3S2. The summed E-state index contributed by atoms with van der Waals surface area (Å²) in [4.78, 5) is 22.5. The van der Waals surface area contributed by atoms with Crippen molar-refractivity contribution in [2.75, 3.05) is 39.1 Å². The van der Waals surface area contributed by atoms with E-state index in [-0.39, 0.29) is 16.8 Å². The smallest absolute Gasteiger partial charge is 0.260 e. The third-order valence-corrected chi connectivity index (χ3v) is 9.91. The van der Waals surface area contributed by atoms with Crippen molar-refractivity contribution >= 4 is 42.6 Å². The number of nitrogens with zero attached hydrogens (tertiary/aromatic N) is 4. The van der Waals surface area contributed by atoms with Crippen LogP contribution in [0.1, 0.15) is 54.4 Å². The van der Waals surface area contributed by atoms with Crippen LogP contribution in [0.5, 0.6) is 0 Å². The maximum atomic E-state index is 13.6. The predicted octanol–water partition coefficient (Wildman–Crippen LogP) is 5.16. The minimum atomic E-state index is -3.61. The van der Waals surface area contributed by atoms with E-state index in [0.29, 0.717) is 17.2 Å². The second-order valence-corrected chi connectivity index (χ2v) is 12.9. The topological polar surface area (TPSA) is 73.8 Å². The molecule has 1 amide bonds. The Labute approximate surface area is 218 Å². The summed E-state index contributed by atoms with van der Waals surface area (Å²) in [5.41, 5.74) is 2.44. The summed E-state index contributed by atoms with van der Waals surface area (Å²) in [6.07, 6.45) is 5.89. The van der Waals surface area contributed by atoms with E-state index >= 15 is 0 Å². The molecule has 1 aliphatic rings. The lowest BCUT2D eigenvalue weighted by Crippen LogP contribution is -2.38. The number of carbonyl (C=O) groups excluding carboxylic acids is 1. The molecule has 0 radical (unpaired) electrons. The van der Waals surface area contributed by atoms with Crippen LogP contribution in [0.3, 0.4) is 0 Å². The number of para-hydroxylation sites is 1. The van der Waals surface area contributed by atoms with Crippen LogP contribution in [0, 0.1) is 6.92 Å². The average Bonchev–Trinajstić information content (AvgIpc) is 3.31. The summed E-state index contributed by atoms with van der Waals surface area (Å²) in [5, 5.41) is 0.664. The van der Waals surface area contributed by atoms with Gasteiger partial charge in [0.05, 0.1) is 15.1 Å². The van der Waals surface area contributed by atoms with Gasteiger partial charge in [0.1, 0.15) is 0 Å². The van der Waals surface area contributed by atoms with Gasteiger partial charge in [-0.2, -0.15) is 4.31 Å². The van der Waals surface area contributed by atoms with Crippen molar-refractivity contribution in [3.63, 3.8) is 0 Å². The number of aryl methyl sites for hydroxylation is 1. The van der Waals surface area contributed by atoms with E-state index < -0.39 is 10.0 Å². The van der Waals surface area contributed by atoms with E-state index in [2.05, 4.69) is 4.90 Å². The molecule has 1 heterocycles. The lowest BCUT2D eigenvalue weighted by Gasteiger charge is -2.30. The Hall–Kier alpha value is -2.33. The van der Waals surface area contributed by atoms with E-state index in [1.807, 2.05) is 39.2 Å². The minimum absolute atomic E-state index is 0.0414. The number of thiazole rings is 1. The highest BCUT2D eigenvalue weighted by Gasteiger charge is 2.29. The van der Waals surface area contributed by atoms with Crippen molar-refractivity contribution in [1.82, 2.24) is 14.2 Å². The summed E-state index contributed by atoms with van der Waals surface area (Å²) >= 11 is 1.51. The van der Waals surface area contributed by atoms with Gasteiger partial charge < -0.3 is 4.90 Å². The number of hydrogen-bond acceptors (Lipinski definition) is 6. The van der Waals surface area contributed by atoms with Crippen LogP contribution in [0.15, 0.2) is 47.4 Å². The number of aromatic nitrogens is 1. The van der Waals surface area contributed by atoms with Gasteiger partial charge in [0, 0.05) is 25.2 Å². The number of hydrogen-bond donors (Lipinski definition) is 0. The summed E-state index contributed by atoms with van der Waals surface area (Å²) in [6.45, 7) is 3.40. The maximum absolute atomic E-state index is 13.6. The first-order valence-electron chi connectivity index (χ1n) is 12.6. The maximum Gasteiger partial charge on any atom is 0.260 e. The van der Waals surface area contributed by atoms with Gasteiger partial charge in [-0.15, -0.1) is 0 Å². The van der Waals surface area contributed by atoms with Crippen LogP contribution in [0.2, 0.25) is 0 Å². The fraction of sp³-hybridized carbons (Fsp3) is 0.481.